The van der Waals surface area contributed by atoms with E-state index in [4.69, 9.17) is 0 Å². The molecule has 82 valence electrons. The van der Waals surface area contributed by atoms with Gasteiger partial charge in [0.05, 0.1) is 0 Å². The molecule has 0 amide bonds. The quantitative estimate of drug-likeness (QED) is 0.814. The molecule has 0 aromatic carbocycles. The Labute approximate surface area is 103 Å². The number of hydrogen-bond acceptors (Lipinski definition) is 4. The van der Waals surface area contributed by atoms with E-state index in [9.17, 15) is 0 Å². The summed E-state index contributed by atoms with van der Waals surface area (Å²) in [5.74, 6) is 0.732. The molecule has 15 heavy (non-hydrogen) atoms. The molecule has 5 heteroatoms. The van der Waals surface area contributed by atoms with Crippen LogP contribution in [-0.4, -0.2) is 28.6 Å². The molecule has 1 aliphatic rings. The molecule has 0 radical (unpaired) electrons. The van der Waals surface area contributed by atoms with Gasteiger partial charge in [-0.1, -0.05) is 0 Å². The lowest BCUT2D eigenvalue weighted by Gasteiger charge is -2.30. The lowest BCUT2D eigenvalue weighted by molar-refractivity contribution is 0.388. The molecule has 4 nitrogen and oxygen atoms in total. The maximum Gasteiger partial charge on any atom is 0.222 e. The Bertz CT molecular complexity index is 314. The molecule has 0 spiro atoms. The Balaban J connectivity index is 1.98. The molecule has 1 fully saturated rings. The number of rotatable bonds is 2. The average Bonchev–Trinajstić information content (AvgIpc) is 2.25. The van der Waals surface area contributed by atoms with Crippen molar-refractivity contribution in [1.29, 1.82) is 0 Å². The molecule has 2 unspecified atom stereocenters. The van der Waals surface area contributed by atoms with Crippen molar-refractivity contribution in [2.45, 2.75) is 31.8 Å². The summed E-state index contributed by atoms with van der Waals surface area (Å²) in [4.78, 5) is 8.50. The van der Waals surface area contributed by atoms with E-state index in [1.165, 1.54) is 12.8 Å². The van der Waals surface area contributed by atoms with Crippen LogP contribution in [0.25, 0.3) is 0 Å². The first-order valence-electron chi connectivity index (χ1n) is 5.23. The van der Waals surface area contributed by atoms with Crippen LogP contribution in [-0.2, 0) is 0 Å². The zero-order valence-electron chi connectivity index (χ0n) is 8.70. The average molecular weight is 318 g/mol. The molecule has 1 aromatic heterocycles. The van der Waals surface area contributed by atoms with Gasteiger partial charge in [0.15, 0.2) is 0 Å². The summed E-state index contributed by atoms with van der Waals surface area (Å²) < 4.78 is 1.06. The second-order valence-corrected chi connectivity index (χ2v) is 5.11. The predicted molar refractivity (Wildman–Crippen MR) is 68.9 cm³/mol. The van der Waals surface area contributed by atoms with Crippen LogP contribution >= 0.6 is 22.6 Å². The van der Waals surface area contributed by atoms with Gasteiger partial charge in [-0.05, 0) is 48.9 Å². The highest BCUT2D eigenvalue weighted by Gasteiger charge is 2.20. The summed E-state index contributed by atoms with van der Waals surface area (Å²) in [5.41, 5.74) is 0. The zero-order chi connectivity index (χ0) is 10.7. The van der Waals surface area contributed by atoms with Gasteiger partial charge in [0, 0.05) is 28.0 Å². The van der Waals surface area contributed by atoms with Crippen molar-refractivity contribution in [2.24, 2.45) is 0 Å². The van der Waals surface area contributed by atoms with E-state index >= 15 is 0 Å². The zero-order valence-corrected chi connectivity index (χ0v) is 10.9. The fourth-order valence-electron chi connectivity index (χ4n) is 1.79. The van der Waals surface area contributed by atoms with Gasteiger partial charge < -0.3 is 10.6 Å². The fourth-order valence-corrected chi connectivity index (χ4v) is 2.07. The van der Waals surface area contributed by atoms with Crippen LogP contribution in [0.3, 0.4) is 0 Å². The molecule has 0 aliphatic carbocycles. The number of halogens is 1. The highest BCUT2D eigenvalue weighted by Crippen LogP contribution is 2.13. The van der Waals surface area contributed by atoms with Crippen molar-refractivity contribution in [3.05, 3.63) is 16.0 Å². The first kappa shape index (κ1) is 11.1. The van der Waals surface area contributed by atoms with Gasteiger partial charge in [-0.25, -0.2) is 9.97 Å². The summed E-state index contributed by atoms with van der Waals surface area (Å²) in [6.07, 6.45) is 6.06. The number of aromatic nitrogens is 2. The predicted octanol–water partition coefficient (Wildman–Crippen LogP) is 1.63. The molecule has 2 N–H and O–H groups in total. The molecule has 2 heterocycles. The summed E-state index contributed by atoms with van der Waals surface area (Å²) in [5, 5.41) is 6.81. The second-order valence-electron chi connectivity index (χ2n) is 3.86. The molecule has 2 rings (SSSR count). The Hall–Kier alpha value is -0.430. The van der Waals surface area contributed by atoms with E-state index in [1.807, 2.05) is 12.4 Å². The van der Waals surface area contributed by atoms with Gasteiger partial charge >= 0.3 is 0 Å². The standard InChI is InChI=1S/C10H15IN4/c1-7-9(3-2-4-12-7)15-10-13-5-8(11)6-14-10/h5-7,9,12H,2-4H2,1H3,(H,13,14,15). The van der Waals surface area contributed by atoms with Crippen molar-refractivity contribution in [2.75, 3.05) is 11.9 Å². The van der Waals surface area contributed by atoms with Gasteiger partial charge in [-0.2, -0.15) is 0 Å². The first-order chi connectivity index (χ1) is 7.25. The molecule has 0 bridgehead atoms. The summed E-state index contributed by atoms with van der Waals surface area (Å²) in [6.45, 7) is 3.32. The Morgan fingerprint density at radius 2 is 2.20 bits per heavy atom. The third kappa shape index (κ3) is 3.01. The van der Waals surface area contributed by atoms with Crippen molar-refractivity contribution >= 4 is 28.5 Å². The smallest absolute Gasteiger partial charge is 0.222 e. The topological polar surface area (TPSA) is 49.8 Å². The Morgan fingerprint density at radius 3 is 2.87 bits per heavy atom. The minimum Gasteiger partial charge on any atom is -0.350 e. The Kier molecular flexibility index (Phi) is 3.74. The van der Waals surface area contributed by atoms with E-state index in [2.05, 4.69) is 50.1 Å². The van der Waals surface area contributed by atoms with Crippen molar-refractivity contribution in [3.63, 3.8) is 0 Å². The first-order valence-corrected chi connectivity index (χ1v) is 6.31. The summed E-state index contributed by atoms with van der Waals surface area (Å²) >= 11 is 2.21. The highest BCUT2D eigenvalue weighted by atomic mass is 127. The number of nitrogens with one attached hydrogen (secondary N) is 2. The molecular formula is C10H15IN4. The van der Waals surface area contributed by atoms with Gasteiger partial charge in [0.25, 0.3) is 0 Å². The van der Waals surface area contributed by atoms with Crippen LogP contribution < -0.4 is 10.6 Å². The lowest BCUT2D eigenvalue weighted by Crippen LogP contribution is -2.46. The van der Waals surface area contributed by atoms with E-state index in [0.717, 1.165) is 16.1 Å². The largest absolute Gasteiger partial charge is 0.350 e. The number of nitrogens with zero attached hydrogens (tertiary/aromatic N) is 2. The maximum absolute atomic E-state index is 4.25. The van der Waals surface area contributed by atoms with Crippen LogP contribution in [0.15, 0.2) is 12.4 Å². The second kappa shape index (κ2) is 5.07. The molecular weight excluding hydrogens is 303 g/mol. The van der Waals surface area contributed by atoms with Crippen LogP contribution in [0.2, 0.25) is 0 Å². The SMILES string of the molecule is CC1NCCCC1Nc1ncc(I)cn1. The molecule has 1 aliphatic heterocycles. The number of hydrogen-bond donors (Lipinski definition) is 2. The van der Waals surface area contributed by atoms with Crippen molar-refractivity contribution < 1.29 is 0 Å². The maximum atomic E-state index is 4.25. The fraction of sp³-hybridized carbons (Fsp3) is 0.600. The third-order valence-corrected chi connectivity index (χ3v) is 3.25. The van der Waals surface area contributed by atoms with E-state index in [1.54, 1.807) is 0 Å². The van der Waals surface area contributed by atoms with E-state index in [0.29, 0.717) is 12.1 Å². The van der Waals surface area contributed by atoms with Gasteiger partial charge in [0.2, 0.25) is 5.95 Å². The van der Waals surface area contributed by atoms with Crippen LogP contribution in [0.5, 0.6) is 0 Å². The van der Waals surface area contributed by atoms with E-state index < -0.39 is 0 Å². The van der Waals surface area contributed by atoms with Gasteiger partial charge in [-0.15, -0.1) is 0 Å². The minimum absolute atomic E-state index is 0.443. The minimum atomic E-state index is 0.443. The normalized spacial score (nSPS) is 26.3. The number of anilines is 1. The number of piperidine rings is 1. The van der Waals surface area contributed by atoms with Gasteiger partial charge in [0.1, 0.15) is 0 Å². The molecule has 2 atom stereocenters. The summed E-state index contributed by atoms with van der Waals surface area (Å²) in [7, 11) is 0. The van der Waals surface area contributed by atoms with E-state index in [-0.39, 0.29) is 0 Å². The van der Waals surface area contributed by atoms with Crippen molar-refractivity contribution in [1.82, 2.24) is 15.3 Å². The van der Waals surface area contributed by atoms with Gasteiger partial charge in [-0.3, -0.25) is 0 Å². The van der Waals surface area contributed by atoms with Crippen molar-refractivity contribution in [3.8, 4) is 0 Å². The molecule has 1 saturated heterocycles. The monoisotopic (exact) mass is 318 g/mol. The van der Waals surface area contributed by atoms with Crippen LogP contribution in [0.4, 0.5) is 5.95 Å². The Morgan fingerprint density at radius 1 is 1.47 bits per heavy atom. The third-order valence-electron chi connectivity index (χ3n) is 2.70. The van der Waals surface area contributed by atoms with Crippen LogP contribution in [0, 0.1) is 3.57 Å². The highest BCUT2D eigenvalue weighted by molar-refractivity contribution is 14.1. The molecule has 1 aromatic rings. The van der Waals surface area contributed by atoms with Crippen LogP contribution in [0.1, 0.15) is 19.8 Å². The molecule has 0 saturated carbocycles. The lowest BCUT2D eigenvalue weighted by atomic mass is 10.0. The summed E-state index contributed by atoms with van der Waals surface area (Å²) in [6, 6.07) is 0.931.